The number of unbranched alkanes of at least 4 members (excludes halogenated alkanes) is 1. The minimum absolute atomic E-state index is 0.0183. The van der Waals surface area contributed by atoms with Gasteiger partial charge in [0.15, 0.2) is 12.1 Å². The zero-order valence-corrected chi connectivity index (χ0v) is 12.0. The minimum Gasteiger partial charge on any atom is -0.334 e. The van der Waals surface area contributed by atoms with Crippen LogP contribution in [-0.4, -0.2) is 35.5 Å². The predicted octanol–water partition coefficient (Wildman–Crippen LogP) is 2.15. The minimum atomic E-state index is -0.403. The summed E-state index contributed by atoms with van der Waals surface area (Å²) in [6.07, 6.45) is 3.93. The summed E-state index contributed by atoms with van der Waals surface area (Å²) in [6, 6.07) is 0. The van der Waals surface area contributed by atoms with Crippen LogP contribution in [0.1, 0.15) is 40.0 Å². The van der Waals surface area contributed by atoms with Crippen LogP contribution in [-0.2, 0) is 14.2 Å². The van der Waals surface area contributed by atoms with Crippen molar-refractivity contribution in [1.82, 2.24) is 4.90 Å². The highest BCUT2D eigenvalue weighted by Gasteiger charge is 2.81. The quantitative estimate of drug-likeness (QED) is 0.782. The van der Waals surface area contributed by atoms with Crippen LogP contribution in [0.25, 0.3) is 0 Å². The van der Waals surface area contributed by atoms with Crippen LogP contribution < -0.4 is 0 Å². The molecule has 0 aromatic carbocycles. The lowest BCUT2D eigenvalue weighted by atomic mass is 9.83. The van der Waals surface area contributed by atoms with Crippen molar-refractivity contribution in [3.05, 3.63) is 0 Å². The summed E-state index contributed by atoms with van der Waals surface area (Å²) in [5.41, 5.74) is -0.163. The molecule has 8 atom stereocenters. The van der Waals surface area contributed by atoms with E-state index in [-0.39, 0.29) is 18.2 Å². The van der Waals surface area contributed by atoms with Crippen molar-refractivity contribution in [1.29, 1.82) is 0 Å². The molecular weight excluding hydrogens is 242 g/mol. The van der Waals surface area contributed by atoms with Gasteiger partial charge < -0.3 is 14.2 Å². The molecule has 4 aliphatic heterocycles. The summed E-state index contributed by atoms with van der Waals surface area (Å²) in [5, 5.41) is 0. The van der Waals surface area contributed by atoms with Gasteiger partial charge in [0.05, 0.1) is 0 Å². The standard InChI is InChI=1S/C15H23NO3/c1-4-5-6-16-12-8-7-9-11-10(8)14(16,2)19-15(11,3)18-13(9)17-12/h8-13H,4-7H2,1-3H3. The van der Waals surface area contributed by atoms with Crippen molar-refractivity contribution < 1.29 is 14.2 Å². The summed E-state index contributed by atoms with van der Waals surface area (Å²) in [6.45, 7) is 7.75. The van der Waals surface area contributed by atoms with Gasteiger partial charge in [-0.15, -0.1) is 0 Å². The molecule has 19 heavy (non-hydrogen) atoms. The second kappa shape index (κ2) is 3.19. The van der Waals surface area contributed by atoms with Gasteiger partial charge in [0.1, 0.15) is 12.0 Å². The first-order valence-corrected chi connectivity index (χ1v) is 7.89. The largest absolute Gasteiger partial charge is 0.334 e. The van der Waals surface area contributed by atoms with Gasteiger partial charge in [-0.2, -0.15) is 0 Å². The van der Waals surface area contributed by atoms with Gasteiger partial charge in [0.2, 0.25) is 0 Å². The Morgan fingerprint density at radius 1 is 1.21 bits per heavy atom. The molecule has 4 saturated heterocycles. The SMILES string of the molecule is CCCCN1C2OC3OC4(C)OC1(C)C1C2CC3C14. The van der Waals surface area contributed by atoms with Crippen molar-refractivity contribution in [2.24, 2.45) is 23.7 Å². The topological polar surface area (TPSA) is 30.9 Å². The molecule has 4 heteroatoms. The van der Waals surface area contributed by atoms with E-state index in [0.29, 0.717) is 23.7 Å². The van der Waals surface area contributed by atoms with Gasteiger partial charge in [0.25, 0.3) is 0 Å². The third-order valence-electron chi connectivity index (χ3n) is 6.46. The predicted molar refractivity (Wildman–Crippen MR) is 67.8 cm³/mol. The highest BCUT2D eigenvalue weighted by Crippen LogP contribution is 2.72. The van der Waals surface area contributed by atoms with Gasteiger partial charge in [0, 0.05) is 30.2 Å². The van der Waals surface area contributed by atoms with Crippen LogP contribution >= 0.6 is 0 Å². The first-order chi connectivity index (χ1) is 9.08. The average Bonchev–Trinajstić information content (AvgIpc) is 2.95. The molecule has 8 unspecified atom stereocenters. The van der Waals surface area contributed by atoms with Crippen molar-refractivity contribution in [3.8, 4) is 0 Å². The summed E-state index contributed by atoms with van der Waals surface area (Å²) < 4.78 is 19.0. The maximum atomic E-state index is 6.52. The first-order valence-electron chi connectivity index (χ1n) is 7.89. The summed E-state index contributed by atoms with van der Waals surface area (Å²) in [7, 11) is 0. The van der Waals surface area contributed by atoms with Crippen molar-refractivity contribution >= 4 is 0 Å². The number of hydrogen-bond acceptors (Lipinski definition) is 4. The van der Waals surface area contributed by atoms with E-state index < -0.39 is 5.79 Å². The summed E-state index contributed by atoms with van der Waals surface area (Å²) in [4.78, 5) is 2.51. The van der Waals surface area contributed by atoms with Crippen LogP contribution in [0.15, 0.2) is 0 Å². The van der Waals surface area contributed by atoms with E-state index in [4.69, 9.17) is 14.2 Å². The highest BCUT2D eigenvalue weighted by molar-refractivity contribution is 5.20. The molecular formula is C15H23NO3. The molecule has 2 bridgehead atoms. The zero-order valence-electron chi connectivity index (χ0n) is 12.0. The van der Waals surface area contributed by atoms with E-state index in [9.17, 15) is 0 Å². The van der Waals surface area contributed by atoms with Crippen LogP contribution in [0.5, 0.6) is 0 Å². The maximum absolute atomic E-state index is 6.52. The van der Waals surface area contributed by atoms with Gasteiger partial charge in [-0.3, -0.25) is 0 Å². The van der Waals surface area contributed by atoms with Crippen molar-refractivity contribution in [2.45, 2.75) is 64.1 Å². The summed E-state index contributed by atoms with van der Waals surface area (Å²) in [5.74, 6) is 1.99. The molecule has 4 nitrogen and oxygen atoms in total. The van der Waals surface area contributed by atoms with Gasteiger partial charge in [-0.05, 0) is 26.7 Å². The Labute approximate surface area is 114 Å². The van der Waals surface area contributed by atoms with Gasteiger partial charge in [-0.25, -0.2) is 4.90 Å². The fourth-order valence-electron chi connectivity index (χ4n) is 5.98. The molecule has 0 radical (unpaired) electrons. The monoisotopic (exact) mass is 265 g/mol. The fourth-order valence-corrected chi connectivity index (χ4v) is 5.98. The average molecular weight is 265 g/mol. The smallest absolute Gasteiger partial charge is 0.174 e. The molecule has 106 valence electrons. The molecule has 5 fully saturated rings. The zero-order chi connectivity index (χ0) is 13.0. The Kier molecular flexibility index (Phi) is 1.93. The van der Waals surface area contributed by atoms with E-state index >= 15 is 0 Å². The normalized spacial score (nSPS) is 64.6. The second-order valence-corrected chi connectivity index (χ2v) is 7.35. The van der Waals surface area contributed by atoms with Gasteiger partial charge >= 0.3 is 0 Å². The number of hydrogen-bond donors (Lipinski definition) is 0. The van der Waals surface area contributed by atoms with Crippen molar-refractivity contribution in [3.63, 3.8) is 0 Å². The molecule has 5 rings (SSSR count). The number of likely N-dealkylation sites (tertiary alicyclic amines) is 1. The Morgan fingerprint density at radius 2 is 2.05 bits per heavy atom. The van der Waals surface area contributed by atoms with E-state index in [1.54, 1.807) is 0 Å². The van der Waals surface area contributed by atoms with Crippen LogP contribution in [0, 0.1) is 23.7 Å². The number of ether oxygens (including phenoxy) is 3. The van der Waals surface area contributed by atoms with E-state index in [2.05, 4.69) is 25.7 Å². The maximum Gasteiger partial charge on any atom is 0.174 e. The Balaban J connectivity index is 1.61. The number of rotatable bonds is 3. The van der Waals surface area contributed by atoms with Crippen LogP contribution in [0.2, 0.25) is 0 Å². The number of nitrogens with zero attached hydrogens (tertiary/aromatic N) is 1. The van der Waals surface area contributed by atoms with E-state index in [1.165, 1.54) is 19.3 Å². The molecule has 0 aromatic rings. The highest BCUT2D eigenvalue weighted by atomic mass is 16.8. The Morgan fingerprint density at radius 3 is 2.84 bits per heavy atom. The molecule has 0 aromatic heterocycles. The molecule has 5 aliphatic rings. The molecule has 0 N–H and O–H groups in total. The molecule has 0 amide bonds. The fraction of sp³-hybridized carbons (Fsp3) is 1.00. The second-order valence-electron chi connectivity index (χ2n) is 7.35. The molecule has 4 heterocycles. The Hall–Kier alpha value is -0.160. The molecule has 1 saturated carbocycles. The lowest BCUT2D eigenvalue weighted by molar-refractivity contribution is -0.360. The molecule has 1 aliphatic carbocycles. The third-order valence-corrected chi connectivity index (χ3v) is 6.46. The van der Waals surface area contributed by atoms with Crippen LogP contribution in [0.4, 0.5) is 0 Å². The molecule has 0 spiro atoms. The van der Waals surface area contributed by atoms with E-state index in [0.717, 1.165) is 6.54 Å². The van der Waals surface area contributed by atoms with Crippen LogP contribution in [0.3, 0.4) is 0 Å². The Bertz CT molecular complexity index is 443. The van der Waals surface area contributed by atoms with Crippen molar-refractivity contribution in [2.75, 3.05) is 6.54 Å². The first kappa shape index (κ1) is 11.5. The summed E-state index contributed by atoms with van der Waals surface area (Å²) >= 11 is 0. The van der Waals surface area contributed by atoms with Gasteiger partial charge in [-0.1, -0.05) is 13.3 Å². The lowest BCUT2D eigenvalue weighted by Crippen LogP contribution is -2.55. The van der Waals surface area contributed by atoms with E-state index in [1.807, 2.05) is 0 Å². The lowest BCUT2D eigenvalue weighted by Gasteiger charge is -2.44. The third kappa shape index (κ3) is 1.06.